The molecular formula is C18H23N5O4S. The van der Waals surface area contributed by atoms with Crippen LogP contribution < -0.4 is 10.1 Å². The minimum absolute atomic E-state index is 0.278. The second-order valence-corrected chi connectivity index (χ2v) is 7.71. The summed E-state index contributed by atoms with van der Waals surface area (Å²) >= 11 is 1.43. The Balaban J connectivity index is 1.36. The number of thioether (sulfide) groups is 1. The van der Waals surface area contributed by atoms with Crippen molar-refractivity contribution in [2.75, 3.05) is 6.54 Å². The van der Waals surface area contributed by atoms with Crippen molar-refractivity contribution in [3.63, 3.8) is 0 Å². The first-order chi connectivity index (χ1) is 13.6. The highest BCUT2D eigenvalue weighted by Crippen LogP contribution is 2.34. The number of aromatic nitrogens is 3. The number of rotatable bonds is 6. The number of fused-ring (bicyclic) bond motifs is 1. The average Bonchev–Trinajstić information content (AvgIpc) is 3.32. The van der Waals surface area contributed by atoms with Gasteiger partial charge in [0.1, 0.15) is 41.8 Å². The number of benzene rings is 1. The third-order valence-corrected chi connectivity index (χ3v) is 5.71. The van der Waals surface area contributed by atoms with Crippen LogP contribution >= 0.6 is 11.8 Å². The molecular weight excluding hydrogens is 382 g/mol. The number of aliphatic hydroxyl groups excluding tert-OH is 2. The summed E-state index contributed by atoms with van der Waals surface area (Å²) in [4.78, 5) is 4.32. The Kier molecular flexibility index (Phi) is 5.81. The van der Waals surface area contributed by atoms with Crippen molar-refractivity contribution in [1.29, 1.82) is 0 Å². The van der Waals surface area contributed by atoms with Crippen LogP contribution in [-0.4, -0.2) is 66.7 Å². The SMILES string of the molecule is CCN=C1NC2C(OC(Cn3cc(COc4ccccc4)nn3)C(O)C2O)S1. The molecule has 2 aromatic rings. The van der Waals surface area contributed by atoms with E-state index in [9.17, 15) is 10.2 Å². The smallest absolute Gasteiger partial charge is 0.159 e. The third kappa shape index (κ3) is 4.14. The molecule has 150 valence electrons. The van der Waals surface area contributed by atoms with Crippen LogP contribution in [0.3, 0.4) is 0 Å². The van der Waals surface area contributed by atoms with Crippen LogP contribution in [0, 0.1) is 0 Å². The van der Waals surface area contributed by atoms with Crippen molar-refractivity contribution in [2.45, 2.75) is 49.9 Å². The van der Waals surface area contributed by atoms with Gasteiger partial charge >= 0.3 is 0 Å². The van der Waals surface area contributed by atoms with Gasteiger partial charge in [-0.25, -0.2) is 4.68 Å². The fourth-order valence-electron chi connectivity index (χ4n) is 3.20. The third-order valence-electron chi connectivity index (χ3n) is 4.60. The number of hydrogen-bond acceptors (Lipinski definition) is 8. The molecule has 0 amide bonds. The fourth-order valence-corrected chi connectivity index (χ4v) is 4.40. The lowest BCUT2D eigenvalue weighted by atomic mass is 9.98. The van der Waals surface area contributed by atoms with Crippen molar-refractivity contribution in [1.82, 2.24) is 20.3 Å². The van der Waals surface area contributed by atoms with Gasteiger partial charge in [-0.2, -0.15) is 0 Å². The topological polar surface area (TPSA) is 114 Å². The van der Waals surface area contributed by atoms with Gasteiger partial charge < -0.3 is 25.0 Å². The first-order valence-corrected chi connectivity index (χ1v) is 10.1. The number of amidine groups is 1. The molecule has 5 unspecified atom stereocenters. The number of aliphatic hydroxyl groups is 2. The van der Waals surface area contributed by atoms with Crippen LogP contribution in [0.2, 0.25) is 0 Å². The van der Waals surface area contributed by atoms with Crippen LogP contribution in [0.15, 0.2) is 41.5 Å². The quantitative estimate of drug-likeness (QED) is 0.632. The van der Waals surface area contributed by atoms with E-state index in [4.69, 9.17) is 9.47 Å². The highest BCUT2D eigenvalue weighted by molar-refractivity contribution is 8.14. The molecule has 0 aliphatic carbocycles. The van der Waals surface area contributed by atoms with E-state index >= 15 is 0 Å². The van der Waals surface area contributed by atoms with Gasteiger partial charge in [-0.3, -0.25) is 4.99 Å². The molecule has 9 nitrogen and oxygen atoms in total. The van der Waals surface area contributed by atoms with E-state index in [2.05, 4.69) is 20.6 Å². The number of hydrogen-bond donors (Lipinski definition) is 3. The van der Waals surface area contributed by atoms with Crippen molar-refractivity contribution >= 4 is 16.9 Å². The van der Waals surface area contributed by atoms with Crippen LogP contribution in [0.4, 0.5) is 0 Å². The standard InChI is InChI=1S/C18H23N5O4S/c1-2-19-18-20-14-16(25)15(24)13(27-17(14)28-18)9-23-8-11(21-22-23)10-26-12-6-4-3-5-7-12/h3-8,13-17,24-25H,2,9-10H2,1H3,(H,19,20). The molecule has 2 aliphatic rings. The summed E-state index contributed by atoms with van der Waals surface area (Å²) in [5.74, 6) is 0.757. The van der Waals surface area contributed by atoms with Crippen molar-refractivity contribution < 1.29 is 19.7 Å². The monoisotopic (exact) mass is 405 g/mol. The van der Waals surface area contributed by atoms with Gasteiger partial charge in [0, 0.05) is 6.54 Å². The zero-order chi connectivity index (χ0) is 19.5. The molecule has 10 heteroatoms. The fraction of sp³-hybridized carbons (Fsp3) is 0.500. The summed E-state index contributed by atoms with van der Waals surface area (Å²) in [6.45, 7) is 3.15. The highest BCUT2D eigenvalue weighted by Gasteiger charge is 2.49. The predicted molar refractivity (Wildman–Crippen MR) is 104 cm³/mol. The van der Waals surface area contributed by atoms with Crippen LogP contribution in [0.25, 0.3) is 0 Å². The number of ether oxygens (including phenoxy) is 2. The van der Waals surface area contributed by atoms with E-state index in [1.165, 1.54) is 11.8 Å². The van der Waals surface area contributed by atoms with E-state index in [1.807, 2.05) is 37.3 Å². The molecule has 0 spiro atoms. The van der Waals surface area contributed by atoms with Crippen molar-refractivity contribution in [3.05, 3.63) is 42.2 Å². The van der Waals surface area contributed by atoms with Gasteiger partial charge in [-0.1, -0.05) is 35.2 Å². The first kappa shape index (κ1) is 19.2. The minimum Gasteiger partial charge on any atom is -0.487 e. The van der Waals surface area contributed by atoms with E-state index in [1.54, 1.807) is 10.9 Å². The maximum Gasteiger partial charge on any atom is 0.159 e. The lowest BCUT2D eigenvalue weighted by Gasteiger charge is -2.38. The van der Waals surface area contributed by atoms with Gasteiger partial charge in [0.25, 0.3) is 0 Å². The molecule has 1 aromatic carbocycles. The Labute approximate surface area is 166 Å². The first-order valence-electron chi connectivity index (χ1n) is 9.20. The second kappa shape index (κ2) is 8.48. The van der Waals surface area contributed by atoms with Crippen molar-refractivity contribution in [2.24, 2.45) is 4.99 Å². The van der Waals surface area contributed by atoms with Gasteiger partial charge in [-0.05, 0) is 19.1 Å². The molecule has 5 atom stereocenters. The van der Waals surface area contributed by atoms with Crippen molar-refractivity contribution in [3.8, 4) is 5.75 Å². The Morgan fingerprint density at radius 3 is 2.89 bits per heavy atom. The van der Waals surface area contributed by atoms with Gasteiger partial charge in [0.2, 0.25) is 0 Å². The Morgan fingerprint density at radius 1 is 1.29 bits per heavy atom. The summed E-state index contributed by atoms with van der Waals surface area (Å²) in [5.41, 5.74) is 0.361. The number of aliphatic imine (C=N–C) groups is 1. The van der Waals surface area contributed by atoms with E-state index in [0.717, 1.165) is 10.9 Å². The molecule has 4 rings (SSSR count). The zero-order valence-electron chi connectivity index (χ0n) is 15.4. The predicted octanol–water partition coefficient (Wildman–Crippen LogP) is 0.385. The number of nitrogens with zero attached hydrogens (tertiary/aromatic N) is 4. The van der Waals surface area contributed by atoms with E-state index in [0.29, 0.717) is 18.8 Å². The van der Waals surface area contributed by atoms with Gasteiger partial charge in [0.05, 0.1) is 18.8 Å². The zero-order valence-corrected chi connectivity index (χ0v) is 16.2. The Morgan fingerprint density at radius 2 is 2.11 bits per heavy atom. The van der Waals surface area contributed by atoms with Crippen LogP contribution in [0.5, 0.6) is 5.75 Å². The second-order valence-electron chi connectivity index (χ2n) is 6.63. The summed E-state index contributed by atoms with van der Waals surface area (Å²) in [6.07, 6.45) is -0.841. The molecule has 0 bridgehead atoms. The molecule has 0 saturated carbocycles. The molecule has 3 heterocycles. The molecule has 2 saturated heterocycles. The molecule has 2 fully saturated rings. The Bertz CT molecular complexity index is 817. The summed E-state index contributed by atoms with van der Waals surface area (Å²) < 4.78 is 13.3. The minimum atomic E-state index is -1.04. The van der Waals surface area contributed by atoms with Gasteiger partial charge in [-0.15, -0.1) is 5.10 Å². The van der Waals surface area contributed by atoms with Crippen LogP contribution in [0.1, 0.15) is 12.6 Å². The Hall–Kier alpha value is -2.14. The largest absolute Gasteiger partial charge is 0.487 e. The average molecular weight is 405 g/mol. The lowest BCUT2D eigenvalue weighted by Crippen LogP contribution is -2.59. The van der Waals surface area contributed by atoms with E-state index in [-0.39, 0.29) is 18.0 Å². The van der Waals surface area contributed by atoms with Crippen LogP contribution in [-0.2, 0) is 17.9 Å². The number of para-hydroxylation sites is 1. The maximum absolute atomic E-state index is 10.5. The maximum atomic E-state index is 10.5. The highest BCUT2D eigenvalue weighted by atomic mass is 32.2. The lowest BCUT2D eigenvalue weighted by molar-refractivity contribution is -0.160. The molecule has 3 N–H and O–H groups in total. The summed E-state index contributed by atoms with van der Waals surface area (Å²) in [5, 5.41) is 33.0. The summed E-state index contributed by atoms with van der Waals surface area (Å²) in [7, 11) is 0. The molecule has 0 radical (unpaired) electrons. The van der Waals surface area contributed by atoms with E-state index < -0.39 is 18.3 Å². The van der Waals surface area contributed by atoms with Gasteiger partial charge in [0.15, 0.2) is 5.17 Å². The number of nitrogens with one attached hydrogen (secondary N) is 1. The molecule has 1 aromatic heterocycles. The molecule has 2 aliphatic heterocycles. The normalized spacial score (nSPS) is 30.8. The summed E-state index contributed by atoms with van der Waals surface area (Å²) in [6, 6.07) is 9.09. The molecule has 28 heavy (non-hydrogen) atoms.